The van der Waals surface area contributed by atoms with Gasteiger partial charge in [0, 0.05) is 38.6 Å². The summed E-state index contributed by atoms with van der Waals surface area (Å²) in [6.07, 6.45) is 5.24. The molecule has 1 fully saturated rings. The molecule has 1 aliphatic heterocycles. The molecule has 1 aromatic heterocycles. The number of thioether (sulfide) groups is 1. The fraction of sp³-hybridized carbons (Fsp3) is 0.545. The second-order valence-corrected chi connectivity index (χ2v) is 4.84. The molecule has 2 rings (SSSR count). The largest absolute Gasteiger partial charge is 0.480 e. The molecular weight excluding hydrogens is 252 g/mol. The van der Waals surface area contributed by atoms with Gasteiger partial charge in [-0.05, 0) is 6.26 Å². The summed E-state index contributed by atoms with van der Waals surface area (Å²) in [6, 6.07) is -0.490. The van der Waals surface area contributed by atoms with Crippen molar-refractivity contribution in [2.45, 2.75) is 17.6 Å². The summed E-state index contributed by atoms with van der Waals surface area (Å²) < 4.78 is 0. The molecule has 0 spiro atoms. The molecule has 1 aromatic rings. The fourth-order valence-corrected chi connectivity index (χ4v) is 2.52. The van der Waals surface area contributed by atoms with Gasteiger partial charge in [-0.2, -0.15) is 0 Å². The Morgan fingerprint density at radius 1 is 1.61 bits per heavy atom. The summed E-state index contributed by atoms with van der Waals surface area (Å²) in [4.78, 5) is 21.7. The van der Waals surface area contributed by atoms with Gasteiger partial charge in [0.15, 0.2) is 0 Å². The number of nitrogens with one attached hydrogen (secondary N) is 1. The van der Waals surface area contributed by atoms with Crippen molar-refractivity contribution in [3.8, 4) is 0 Å². The molecule has 0 saturated carbocycles. The molecule has 18 heavy (non-hydrogen) atoms. The van der Waals surface area contributed by atoms with Gasteiger partial charge in [0.05, 0.1) is 5.69 Å². The van der Waals surface area contributed by atoms with Gasteiger partial charge in [-0.1, -0.05) is 0 Å². The van der Waals surface area contributed by atoms with E-state index >= 15 is 0 Å². The first-order chi connectivity index (χ1) is 8.72. The standard InChI is InChI=1S/C11H16N4O2S/c1-18-10-8(13-2-3-14-10)7-15-5-4-12-6-9(15)11(16)17/h2-3,9,12H,4-7H2,1H3,(H,16,17)/t9-/m0/s1. The first-order valence-electron chi connectivity index (χ1n) is 5.74. The van der Waals surface area contributed by atoms with E-state index in [4.69, 9.17) is 0 Å². The predicted octanol–water partition coefficient (Wildman–Crippen LogP) is 0.0569. The Labute approximate surface area is 110 Å². The van der Waals surface area contributed by atoms with E-state index in [9.17, 15) is 9.90 Å². The topological polar surface area (TPSA) is 78.4 Å². The van der Waals surface area contributed by atoms with Gasteiger partial charge >= 0.3 is 5.97 Å². The van der Waals surface area contributed by atoms with Gasteiger partial charge in [0.25, 0.3) is 0 Å². The van der Waals surface area contributed by atoms with Crippen LogP contribution in [0.3, 0.4) is 0 Å². The van der Waals surface area contributed by atoms with Gasteiger partial charge < -0.3 is 10.4 Å². The number of carboxylic acid groups (broad SMARTS) is 1. The van der Waals surface area contributed by atoms with Crippen molar-refractivity contribution in [1.29, 1.82) is 0 Å². The lowest BCUT2D eigenvalue weighted by molar-refractivity contribution is -0.144. The van der Waals surface area contributed by atoms with Gasteiger partial charge in [-0.15, -0.1) is 11.8 Å². The maximum absolute atomic E-state index is 11.2. The predicted molar refractivity (Wildman–Crippen MR) is 68.5 cm³/mol. The maximum Gasteiger partial charge on any atom is 0.322 e. The van der Waals surface area contributed by atoms with Crippen LogP contribution in [0.1, 0.15) is 5.69 Å². The molecule has 0 amide bonds. The average molecular weight is 268 g/mol. The number of carboxylic acids is 1. The van der Waals surface area contributed by atoms with E-state index in [2.05, 4.69) is 15.3 Å². The summed E-state index contributed by atoms with van der Waals surface area (Å²) in [6.45, 7) is 2.52. The van der Waals surface area contributed by atoms with Crippen LogP contribution in [-0.2, 0) is 11.3 Å². The minimum atomic E-state index is -0.795. The summed E-state index contributed by atoms with van der Waals surface area (Å²) in [5.74, 6) is -0.795. The van der Waals surface area contributed by atoms with Crippen LogP contribution in [0.25, 0.3) is 0 Å². The number of nitrogens with zero attached hydrogens (tertiary/aromatic N) is 3. The van der Waals surface area contributed by atoms with Crippen molar-refractivity contribution in [2.75, 3.05) is 25.9 Å². The van der Waals surface area contributed by atoms with Crippen molar-refractivity contribution in [2.24, 2.45) is 0 Å². The number of aliphatic carboxylic acids is 1. The maximum atomic E-state index is 11.2. The lowest BCUT2D eigenvalue weighted by Crippen LogP contribution is -2.54. The Hall–Kier alpha value is -1.18. The summed E-state index contributed by atoms with van der Waals surface area (Å²) in [5, 5.41) is 13.1. The van der Waals surface area contributed by atoms with Crippen LogP contribution >= 0.6 is 11.8 Å². The first kappa shape index (κ1) is 13.3. The molecule has 0 aliphatic carbocycles. The van der Waals surface area contributed by atoms with Gasteiger partial charge in [0.1, 0.15) is 11.1 Å². The van der Waals surface area contributed by atoms with Crippen LogP contribution in [-0.4, -0.2) is 57.9 Å². The number of piperazine rings is 1. The smallest absolute Gasteiger partial charge is 0.322 e. The van der Waals surface area contributed by atoms with Crippen molar-refractivity contribution < 1.29 is 9.90 Å². The van der Waals surface area contributed by atoms with Crippen molar-refractivity contribution >= 4 is 17.7 Å². The van der Waals surface area contributed by atoms with Gasteiger partial charge in [0.2, 0.25) is 0 Å². The zero-order chi connectivity index (χ0) is 13.0. The molecular formula is C11H16N4O2S. The number of rotatable bonds is 4. The quantitative estimate of drug-likeness (QED) is 0.747. The number of hydrogen-bond acceptors (Lipinski definition) is 6. The highest BCUT2D eigenvalue weighted by atomic mass is 32.2. The molecule has 0 aromatic carbocycles. The van der Waals surface area contributed by atoms with Crippen LogP contribution in [0, 0.1) is 0 Å². The molecule has 6 nitrogen and oxygen atoms in total. The number of hydrogen-bond donors (Lipinski definition) is 2. The van der Waals surface area contributed by atoms with Gasteiger partial charge in [-0.3, -0.25) is 14.7 Å². The lowest BCUT2D eigenvalue weighted by Gasteiger charge is -2.33. The SMILES string of the molecule is CSc1nccnc1CN1CCNC[C@H]1C(=O)O. The monoisotopic (exact) mass is 268 g/mol. The molecule has 0 unspecified atom stereocenters. The molecule has 98 valence electrons. The molecule has 1 saturated heterocycles. The van der Waals surface area contributed by atoms with Crippen LogP contribution in [0.15, 0.2) is 17.4 Å². The minimum absolute atomic E-state index is 0.476. The minimum Gasteiger partial charge on any atom is -0.480 e. The Balaban J connectivity index is 2.13. The van der Waals surface area contributed by atoms with E-state index in [1.165, 1.54) is 11.8 Å². The third-order valence-corrected chi connectivity index (χ3v) is 3.65. The Kier molecular flexibility index (Phi) is 4.51. The van der Waals surface area contributed by atoms with Crippen molar-refractivity contribution in [3.05, 3.63) is 18.1 Å². The van der Waals surface area contributed by atoms with E-state index in [-0.39, 0.29) is 0 Å². The molecule has 0 radical (unpaired) electrons. The first-order valence-corrected chi connectivity index (χ1v) is 6.96. The van der Waals surface area contributed by atoms with Crippen molar-refractivity contribution in [1.82, 2.24) is 20.2 Å². The molecule has 1 aliphatic rings. The van der Waals surface area contributed by atoms with Crippen LogP contribution in [0.2, 0.25) is 0 Å². The van der Waals surface area contributed by atoms with E-state index < -0.39 is 12.0 Å². The Bertz CT molecular complexity index is 429. The average Bonchev–Trinajstić information content (AvgIpc) is 2.40. The number of carbonyl (C=O) groups is 1. The Morgan fingerprint density at radius 2 is 2.39 bits per heavy atom. The van der Waals surface area contributed by atoms with E-state index in [1.807, 2.05) is 11.2 Å². The molecule has 2 N–H and O–H groups in total. The van der Waals surface area contributed by atoms with Crippen molar-refractivity contribution in [3.63, 3.8) is 0 Å². The highest BCUT2D eigenvalue weighted by molar-refractivity contribution is 7.98. The highest BCUT2D eigenvalue weighted by Gasteiger charge is 2.29. The zero-order valence-corrected chi connectivity index (χ0v) is 11.0. The highest BCUT2D eigenvalue weighted by Crippen LogP contribution is 2.18. The number of aromatic nitrogens is 2. The molecule has 0 bridgehead atoms. The Morgan fingerprint density at radius 3 is 3.11 bits per heavy atom. The summed E-state index contributed by atoms with van der Waals surface area (Å²) in [7, 11) is 0. The lowest BCUT2D eigenvalue weighted by atomic mass is 10.2. The normalized spacial score (nSPS) is 20.8. The van der Waals surface area contributed by atoms with E-state index in [0.29, 0.717) is 19.6 Å². The molecule has 7 heteroatoms. The third-order valence-electron chi connectivity index (χ3n) is 2.92. The van der Waals surface area contributed by atoms with E-state index in [0.717, 1.165) is 17.3 Å². The third kappa shape index (κ3) is 2.98. The van der Waals surface area contributed by atoms with Crippen LogP contribution in [0.5, 0.6) is 0 Å². The fourth-order valence-electron chi connectivity index (χ4n) is 2.00. The molecule has 2 heterocycles. The summed E-state index contributed by atoms with van der Waals surface area (Å²) >= 11 is 1.53. The zero-order valence-electron chi connectivity index (χ0n) is 10.2. The van der Waals surface area contributed by atoms with E-state index in [1.54, 1.807) is 12.4 Å². The van der Waals surface area contributed by atoms with Crippen LogP contribution < -0.4 is 5.32 Å². The van der Waals surface area contributed by atoms with Gasteiger partial charge in [-0.25, -0.2) is 4.98 Å². The summed E-state index contributed by atoms with van der Waals surface area (Å²) in [5.41, 5.74) is 0.846. The molecule has 1 atom stereocenters. The van der Waals surface area contributed by atoms with Crippen LogP contribution in [0.4, 0.5) is 0 Å². The second kappa shape index (κ2) is 6.12. The second-order valence-electron chi connectivity index (χ2n) is 4.04.